The summed E-state index contributed by atoms with van der Waals surface area (Å²) in [6.07, 6.45) is 1.95. The number of fused-ring (bicyclic) bond motifs is 1. The Morgan fingerprint density at radius 3 is 2.53 bits per heavy atom. The van der Waals surface area contributed by atoms with Crippen molar-refractivity contribution in [2.75, 3.05) is 0 Å². The van der Waals surface area contributed by atoms with Crippen LogP contribution in [0.5, 0.6) is 0 Å². The van der Waals surface area contributed by atoms with E-state index in [2.05, 4.69) is 0 Å². The number of Topliss-reactive ketones (excluding diaryl/α,β-unsaturated/α-hetero) is 1. The minimum atomic E-state index is -3.60. The van der Waals surface area contributed by atoms with Gasteiger partial charge in [0.15, 0.2) is 5.78 Å². The van der Waals surface area contributed by atoms with E-state index in [1.54, 1.807) is 36.4 Å². The van der Waals surface area contributed by atoms with Gasteiger partial charge in [-0.1, -0.05) is 25.1 Å². The van der Waals surface area contributed by atoms with Gasteiger partial charge in [-0.2, -0.15) is 0 Å². The number of benzene rings is 1. The fraction of sp³-hybridized carbons (Fsp3) is 0.214. The largest absolute Gasteiger partial charge is 0.294 e. The highest BCUT2D eigenvalue weighted by molar-refractivity contribution is 7.90. The Bertz CT molecular complexity index is 744. The van der Waals surface area contributed by atoms with Crippen LogP contribution in [0.4, 0.5) is 0 Å². The molecular weight excluding hydrogens is 262 g/mol. The standard InChI is InChI=1S/C14H13NO3S/c1-10-9-13-12(14(10)16)7-8-15(13)19(17,18)11-5-3-2-4-6-11/h2-8,10H,9H2,1H3. The average molecular weight is 275 g/mol. The first-order chi connectivity index (χ1) is 9.01. The maximum absolute atomic E-state index is 12.5. The van der Waals surface area contributed by atoms with Crippen molar-refractivity contribution in [2.24, 2.45) is 5.92 Å². The highest BCUT2D eigenvalue weighted by Crippen LogP contribution is 2.29. The summed E-state index contributed by atoms with van der Waals surface area (Å²) in [5, 5.41) is 0. The molecule has 1 heterocycles. The molecule has 0 fully saturated rings. The number of hydrogen-bond donors (Lipinski definition) is 0. The van der Waals surface area contributed by atoms with Crippen LogP contribution in [0.25, 0.3) is 0 Å². The number of hydrogen-bond acceptors (Lipinski definition) is 3. The number of carbonyl (C=O) groups excluding carboxylic acids is 1. The molecule has 0 amide bonds. The number of nitrogens with zero attached hydrogens (tertiary/aromatic N) is 1. The van der Waals surface area contributed by atoms with E-state index in [0.717, 1.165) is 0 Å². The van der Waals surface area contributed by atoms with Crippen molar-refractivity contribution in [1.29, 1.82) is 0 Å². The van der Waals surface area contributed by atoms with Crippen molar-refractivity contribution >= 4 is 15.8 Å². The summed E-state index contributed by atoms with van der Waals surface area (Å²) in [5.74, 6) is -0.111. The van der Waals surface area contributed by atoms with Gasteiger partial charge in [-0.15, -0.1) is 0 Å². The molecule has 98 valence electrons. The number of carbonyl (C=O) groups is 1. The van der Waals surface area contributed by atoms with Crippen molar-refractivity contribution in [3.05, 3.63) is 53.9 Å². The van der Waals surface area contributed by atoms with E-state index in [-0.39, 0.29) is 16.6 Å². The van der Waals surface area contributed by atoms with Gasteiger partial charge in [0.1, 0.15) is 0 Å². The second-order valence-electron chi connectivity index (χ2n) is 4.76. The van der Waals surface area contributed by atoms with Gasteiger partial charge in [0, 0.05) is 23.4 Å². The number of rotatable bonds is 2. The molecule has 19 heavy (non-hydrogen) atoms. The molecule has 0 saturated carbocycles. The van der Waals surface area contributed by atoms with Gasteiger partial charge in [-0.25, -0.2) is 12.4 Å². The topological polar surface area (TPSA) is 56.1 Å². The van der Waals surface area contributed by atoms with Crippen molar-refractivity contribution in [3.8, 4) is 0 Å². The van der Waals surface area contributed by atoms with Gasteiger partial charge in [0.25, 0.3) is 10.0 Å². The molecule has 1 aromatic carbocycles. The lowest BCUT2D eigenvalue weighted by Gasteiger charge is -2.09. The molecule has 1 aliphatic carbocycles. The molecule has 1 atom stereocenters. The van der Waals surface area contributed by atoms with Gasteiger partial charge in [-0.3, -0.25) is 4.79 Å². The van der Waals surface area contributed by atoms with E-state index < -0.39 is 10.0 Å². The summed E-state index contributed by atoms with van der Waals surface area (Å²) in [7, 11) is -3.60. The Balaban J connectivity index is 2.16. The molecule has 0 saturated heterocycles. The van der Waals surface area contributed by atoms with Crippen molar-refractivity contribution < 1.29 is 13.2 Å². The first-order valence-corrected chi connectivity index (χ1v) is 7.51. The summed E-state index contributed by atoms with van der Waals surface area (Å²) in [6, 6.07) is 9.85. The van der Waals surface area contributed by atoms with E-state index in [4.69, 9.17) is 0 Å². The fourth-order valence-electron chi connectivity index (χ4n) is 2.45. The van der Waals surface area contributed by atoms with E-state index in [1.165, 1.54) is 10.2 Å². The molecule has 0 radical (unpaired) electrons. The zero-order chi connectivity index (χ0) is 13.6. The molecular formula is C14H13NO3S. The first-order valence-electron chi connectivity index (χ1n) is 6.07. The van der Waals surface area contributed by atoms with Crippen LogP contribution in [0.2, 0.25) is 0 Å². The Morgan fingerprint density at radius 1 is 1.16 bits per heavy atom. The molecule has 1 unspecified atom stereocenters. The van der Waals surface area contributed by atoms with Gasteiger partial charge < -0.3 is 0 Å². The van der Waals surface area contributed by atoms with Gasteiger partial charge in [0.05, 0.1) is 4.90 Å². The second kappa shape index (κ2) is 4.06. The van der Waals surface area contributed by atoms with E-state index in [9.17, 15) is 13.2 Å². The zero-order valence-corrected chi connectivity index (χ0v) is 11.2. The van der Waals surface area contributed by atoms with Gasteiger partial charge in [-0.05, 0) is 24.6 Å². The summed E-state index contributed by atoms with van der Waals surface area (Å²) in [4.78, 5) is 12.1. The quantitative estimate of drug-likeness (QED) is 0.843. The smallest absolute Gasteiger partial charge is 0.267 e. The molecule has 1 aromatic heterocycles. The maximum atomic E-state index is 12.5. The van der Waals surface area contributed by atoms with E-state index in [0.29, 0.717) is 17.7 Å². The van der Waals surface area contributed by atoms with Crippen LogP contribution in [0, 0.1) is 5.92 Å². The highest BCUT2D eigenvalue weighted by atomic mass is 32.2. The summed E-state index contributed by atoms with van der Waals surface area (Å²) in [6.45, 7) is 1.82. The maximum Gasteiger partial charge on any atom is 0.267 e. The molecule has 0 spiro atoms. The molecule has 1 aliphatic rings. The van der Waals surface area contributed by atoms with Gasteiger partial charge in [0.2, 0.25) is 0 Å². The summed E-state index contributed by atoms with van der Waals surface area (Å²) >= 11 is 0. The van der Waals surface area contributed by atoms with E-state index >= 15 is 0 Å². The van der Waals surface area contributed by atoms with Crippen LogP contribution in [0.1, 0.15) is 23.0 Å². The molecule has 0 bridgehead atoms. The first kappa shape index (κ1) is 12.2. The fourth-order valence-corrected chi connectivity index (χ4v) is 3.86. The number of ketones is 1. The monoisotopic (exact) mass is 275 g/mol. The van der Waals surface area contributed by atoms with Crippen LogP contribution in [-0.4, -0.2) is 18.2 Å². The lowest BCUT2D eigenvalue weighted by Crippen LogP contribution is -2.14. The predicted octanol–water partition coefficient (Wildman–Crippen LogP) is 2.10. The third-order valence-corrected chi connectivity index (χ3v) is 5.19. The molecule has 0 aliphatic heterocycles. The molecule has 2 aromatic rings. The highest BCUT2D eigenvalue weighted by Gasteiger charge is 2.33. The van der Waals surface area contributed by atoms with Crippen molar-refractivity contribution in [1.82, 2.24) is 3.97 Å². The van der Waals surface area contributed by atoms with Gasteiger partial charge >= 0.3 is 0 Å². The molecule has 0 N–H and O–H groups in total. The van der Waals surface area contributed by atoms with Crippen LogP contribution >= 0.6 is 0 Å². The molecule has 4 nitrogen and oxygen atoms in total. The zero-order valence-electron chi connectivity index (χ0n) is 10.4. The average Bonchev–Trinajstić information content (AvgIpc) is 2.93. The Morgan fingerprint density at radius 2 is 1.84 bits per heavy atom. The van der Waals surface area contributed by atoms with Crippen molar-refractivity contribution in [3.63, 3.8) is 0 Å². The summed E-state index contributed by atoms with van der Waals surface area (Å²) in [5.41, 5.74) is 1.13. The molecule has 5 heteroatoms. The minimum Gasteiger partial charge on any atom is -0.294 e. The van der Waals surface area contributed by atoms with Crippen LogP contribution in [0.3, 0.4) is 0 Å². The Labute approximate surface area is 111 Å². The Hall–Kier alpha value is -1.88. The summed E-state index contributed by atoms with van der Waals surface area (Å²) < 4.78 is 26.3. The third-order valence-electron chi connectivity index (χ3n) is 3.47. The SMILES string of the molecule is CC1Cc2c(ccn2S(=O)(=O)c2ccccc2)C1=O. The minimum absolute atomic E-state index is 0.0250. The Kier molecular flexibility index (Phi) is 2.60. The van der Waals surface area contributed by atoms with Crippen LogP contribution < -0.4 is 0 Å². The second-order valence-corrected chi connectivity index (χ2v) is 6.57. The molecule has 3 rings (SSSR count). The number of aromatic nitrogens is 1. The van der Waals surface area contributed by atoms with Crippen LogP contribution in [0.15, 0.2) is 47.5 Å². The van der Waals surface area contributed by atoms with E-state index in [1.807, 2.05) is 6.92 Å². The predicted molar refractivity (Wildman–Crippen MR) is 70.7 cm³/mol. The third kappa shape index (κ3) is 1.73. The lowest BCUT2D eigenvalue weighted by molar-refractivity contribution is 0.0946. The van der Waals surface area contributed by atoms with Crippen molar-refractivity contribution in [2.45, 2.75) is 18.2 Å². The lowest BCUT2D eigenvalue weighted by atomic mass is 10.1. The van der Waals surface area contributed by atoms with Crippen LogP contribution in [-0.2, 0) is 16.4 Å². The normalized spacial score (nSPS) is 18.6.